The first-order chi connectivity index (χ1) is 8.52. The topological polar surface area (TPSA) is 37.3 Å². The highest BCUT2D eigenvalue weighted by atomic mass is 19.3. The molecule has 2 nitrogen and oxygen atoms in total. The molecule has 2 rings (SSSR count). The van der Waals surface area contributed by atoms with E-state index in [1.54, 1.807) is 18.2 Å². The van der Waals surface area contributed by atoms with E-state index in [4.69, 9.17) is 0 Å². The second-order valence-corrected chi connectivity index (χ2v) is 4.11. The van der Waals surface area contributed by atoms with Crippen molar-refractivity contribution in [2.45, 2.75) is 12.0 Å². The van der Waals surface area contributed by atoms with Gasteiger partial charge in [-0.05, 0) is 11.6 Å². The molecule has 0 radical (unpaired) electrons. The highest BCUT2D eigenvalue weighted by molar-refractivity contribution is 5.89. The molecule has 0 fully saturated rings. The number of aliphatic hydroxyl groups excluding tert-OH is 1. The zero-order valence-corrected chi connectivity index (χ0v) is 9.46. The predicted octanol–water partition coefficient (Wildman–Crippen LogP) is 2.67. The first kappa shape index (κ1) is 12.6. The maximum Gasteiger partial charge on any atom is 0.279 e. The van der Waals surface area contributed by atoms with E-state index in [1.165, 1.54) is 24.3 Å². The number of benzene rings is 1. The quantitative estimate of drug-likeness (QED) is 0.895. The molecule has 0 saturated carbocycles. The minimum atomic E-state index is -3.25. The fourth-order valence-corrected chi connectivity index (χ4v) is 1.85. The van der Waals surface area contributed by atoms with E-state index in [0.717, 1.165) is 6.08 Å². The SMILES string of the molecule is O=C(C(O)c1ccccc1)C1C=CC=CC1(F)F. The number of ketones is 1. The van der Waals surface area contributed by atoms with Crippen molar-refractivity contribution in [3.8, 4) is 0 Å². The lowest BCUT2D eigenvalue weighted by Crippen LogP contribution is -2.35. The molecule has 94 valence electrons. The second kappa shape index (κ2) is 4.82. The van der Waals surface area contributed by atoms with E-state index in [1.807, 2.05) is 0 Å². The monoisotopic (exact) mass is 250 g/mol. The Labute approximate surface area is 103 Å². The standard InChI is InChI=1S/C14H12F2O2/c15-14(16)9-5-4-8-11(14)13(18)12(17)10-6-2-1-3-7-10/h1-9,11-12,17H. The molecule has 1 N–H and O–H groups in total. The van der Waals surface area contributed by atoms with Crippen molar-refractivity contribution in [1.82, 2.24) is 0 Å². The molecule has 18 heavy (non-hydrogen) atoms. The number of hydrogen-bond donors (Lipinski definition) is 1. The van der Waals surface area contributed by atoms with Crippen LogP contribution in [0.1, 0.15) is 11.7 Å². The fourth-order valence-electron chi connectivity index (χ4n) is 1.85. The summed E-state index contributed by atoms with van der Waals surface area (Å²) in [5, 5.41) is 9.83. The second-order valence-electron chi connectivity index (χ2n) is 4.11. The molecule has 0 spiro atoms. The third-order valence-corrected chi connectivity index (χ3v) is 2.84. The Hall–Kier alpha value is -1.81. The average Bonchev–Trinajstić information content (AvgIpc) is 2.37. The highest BCUT2D eigenvalue weighted by Gasteiger charge is 2.43. The maximum atomic E-state index is 13.5. The predicted molar refractivity (Wildman–Crippen MR) is 63.1 cm³/mol. The molecule has 4 heteroatoms. The molecule has 1 aliphatic carbocycles. The molecule has 0 amide bonds. The molecular formula is C14H12F2O2. The van der Waals surface area contributed by atoms with Crippen molar-refractivity contribution in [1.29, 1.82) is 0 Å². The van der Waals surface area contributed by atoms with Gasteiger partial charge in [0.15, 0.2) is 5.78 Å². The number of carbonyl (C=O) groups is 1. The lowest BCUT2D eigenvalue weighted by atomic mass is 9.87. The Morgan fingerprint density at radius 3 is 2.50 bits per heavy atom. The van der Waals surface area contributed by atoms with Crippen LogP contribution in [0.4, 0.5) is 8.78 Å². The zero-order valence-electron chi connectivity index (χ0n) is 9.46. The number of rotatable bonds is 3. The van der Waals surface area contributed by atoms with Crippen molar-refractivity contribution in [3.05, 3.63) is 60.2 Å². The first-order valence-electron chi connectivity index (χ1n) is 5.53. The van der Waals surface area contributed by atoms with Gasteiger partial charge in [0.2, 0.25) is 0 Å². The van der Waals surface area contributed by atoms with Crippen molar-refractivity contribution in [2.24, 2.45) is 5.92 Å². The lowest BCUT2D eigenvalue weighted by molar-refractivity contribution is -0.138. The van der Waals surface area contributed by atoms with E-state index in [-0.39, 0.29) is 0 Å². The zero-order chi connectivity index (χ0) is 13.2. The lowest BCUT2D eigenvalue weighted by Gasteiger charge is -2.24. The Balaban J connectivity index is 2.22. The summed E-state index contributed by atoms with van der Waals surface area (Å²) >= 11 is 0. The smallest absolute Gasteiger partial charge is 0.279 e. The third kappa shape index (κ3) is 2.38. The van der Waals surface area contributed by atoms with Gasteiger partial charge in [0.1, 0.15) is 12.0 Å². The number of aliphatic hydroxyl groups is 1. The highest BCUT2D eigenvalue weighted by Crippen LogP contribution is 2.34. The summed E-state index contributed by atoms with van der Waals surface area (Å²) in [6.07, 6.45) is 2.84. The van der Waals surface area contributed by atoms with Crippen LogP contribution in [0.2, 0.25) is 0 Å². The van der Waals surface area contributed by atoms with Gasteiger partial charge in [-0.3, -0.25) is 4.79 Å². The number of carbonyl (C=O) groups excluding carboxylic acids is 1. The van der Waals surface area contributed by atoms with E-state index in [0.29, 0.717) is 11.6 Å². The number of Topliss-reactive ketones (excluding diaryl/α,β-unsaturated/α-hetero) is 1. The average molecular weight is 250 g/mol. The van der Waals surface area contributed by atoms with Crippen LogP contribution in [0.3, 0.4) is 0 Å². The van der Waals surface area contributed by atoms with Gasteiger partial charge in [-0.15, -0.1) is 0 Å². The Kier molecular flexibility index (Phi) is 3.39. The normalized spacial score (nSPS) is 22.7. The van der Waals surface area contributed by atoms with Crippen molar-refractivity contribution in [2.75, 3.05) is 0 Å². The summed E-state index contributed by atoms with van der Waals surface area (Å²) < 4.78 is 27.1. The van der Waals surface area contributed by atoms with Crippen LogP contribution in [-0.4, -0.2) is 16.8 Å². The molecule has 1 aromatic rings. The Bertz CT molecular complexity index is 492. The molecule has 0 bridgehead atoms. The van der Waals surface area contributed by atoms with Crippen LogP contribution in [0.5, 0.6) is 0 Å². The maximum absolute atomic E-state index is 13.5. The minimum Gasteiger partial charge on any atom is -0.381 e. The molecule has 0 aromatic heterocycles. The molecule has 2 unspecified atom stereocenters. The minimum absolute atomic E-state index is 0.321. The van der Waals surface area contributed by atoms with E-state index < -0.39 is 23.7 Å². The summed E-state index contributed by atoms with van der Waals surface area (Å²) in [7, 11) is 0. The van der Waals surface area contributed by atoms with Crippen LogP contribution in [0.25, 0.3) is 0 Å². The molecular weight excluding hydrogens is 238 g/mol. The summed E-state index contributed by atoms with van der Waals surface area (Å²) in [6, 6.07) is 8.06. The largest absolute Gasteiger partial charge is 0.381 e. The van der Waals surface area contributed by atoms with Crippen LogP contribution in [0.15, 0.2) is 54.6 Å². The summed E-state index contributed by atoms with van der Waals surface area (Å²) in [6.45, 7) is 0. The summed E-state index contributed by atoms with van der Waals surface area (Å²) in [5.41, 5.74) is 0.321. The third-order valence-electron chi connectivity index (χ3n) is 2.84. The number of alkyl halides is 2. The van der Waals surface area contributed by atoms with E-state index in [2.05, 4.69) is 0 Å². The number of allylic oxidation sites excluding steroid dienone is 4. The van der Waals surface area contributed by atoms with Gasteiger partial charge in [-0.1, -0.05) is 48.6 Å². The van der Waals surface area contributed by atoms with Gasteiger partial charge in [0.05, 0.1) is 0 Å². The van der Waals surface area contributed by atoms with Crippen LogP contribution < -0.4 is 0 Å². The van der Waals surface area contributed by atoms with Crippen molar-refractivity contribution in [3.63, 3.8) is 0 Å². The molecule has 1 aliphatic rings. The van der Waals surface area contributed by atoms with Crippen LogP contribution >= 0.6 is 0 Å². The number of hydrogen-bond acceptors (Lipinski definition) is 2. The molecule has 0 aliphatic heterocycles. The summed E-state index contributed by atoms with van der Waals surface area (Å²) in [5.74, 6) is -5.76. The molecule has 2 atom stereocenters. The van der Waals surface area contributed by atoms with Crippen molar-refractivity contribution < 1.29 is 18.7 Å². The van der Waals surface area contributed by atoms with Crippen LogP contribution in [-0.2, 0) is 4.79 Å². The Morgan fingerprint density at radius 2 is 1.89 bits per heavy atom. The van der Waals surface area contributed by atoms with E-state index >= 15 is 0 Å². The number of halogens is 2. The van der Waals surface area contributed by atoms with Crippen molar-refractivity contribution >= 4 is 5.78 Å². The molecule has 1 aromatic carbocycles. The fraction of sp³-hybridized carbons (Fsp3) is 0.214. The van der Waals surface area contributed by atoms with E-state index in [9.17, 15) is 18.7 Å². The van der Waals surface area contributed by atoms with Gasteiger partial charge in [-0.2, -0.15) is 0 Å². The summed E-state index contributed by atoms with van der Waals surface area (Å²) in [4.78, 5) is 11.9. The Morgan fingerprint density at radius 1 is 1.22 bits per heavy atom. The van der Waals surface area contributed by atoms with Crippen LogP contribution in [0, 0.1) is 5.92 Å². The van der Waals surface area contributed by atoms with Gasteiger partial charge >= 0.3 is 0 Å². The molecule has 0 heterocycles. The van der Waals surface area contributed by atoms with Gasteiger partial charge < -0.3 is 5.11 Å². The molecule has 0 saturated heterocycles. The first-order valence-corrected chi connectivity index (χ1v) is 5.53. The van der Waals surface area contributed by atoms with Gasteiger partial charge in [-0.25, -0.2) is 8.78 Å². The van der Waals surface area contributed by atoms with Gasteiger partial charge in [0, 0.05) is 0 Å². The van der Waals surface area contributed by atoms with Gasteiger partial charge in [0.25, 0.3) is 5.92 Å².